The molecule has 1 aromatic heterocycles. The summed E-state index contributed by atoms with van der Waals surface area (Å²) in [7, 11) is 1.22. The van der Waals surface area contributed by atoms with Crippen LogP contribution in [0.2, 0.25) is 0 Å². The number of benzene rings is 3. The smallest absolute Gasteiger partial charge is 0.407 e. The third-order valence-electron chi connectivity index (χ3n) is 9.50. The molecule has 1 aliphatic carbocycles. The Morgan fingerprint density at radius 3 is 2.27 bits per heavy atom. The predicted molar refractivity (Wildman–Crippen MR) is 194 cm³/mol. The molecule has 4 aromatic rings. The van der Waals surface area contributed by atoms with Crippen molar-refractivity contribution in [2.45, 2.75) is 70.4 Å². The number of hydrazine groups is 1. The lowest BCUT2D eigenvalue weighted by atomic mass is 9.81. The van der Waals surface area contributed by atoms with Crippen molar-refractivity contribution in [3.8, 4) is 11.1 Å². The normalized spacial score (nSPS) is 17.8. The van der Waals surface area contributed by atoms with Crippen molar-refractivity contribution >= 4 is 17.9 Å². The Kier molecular flexibility index (Phi) is 11.5. The summed E-state index contributed by atoms with van der Waals surface area (Å²) in [5.41, 5.74) is 5.14. The zero-order valence-corrected chi connectivity index (χ0v) is 29.7. The molecule has 0 radical (unpaired) electrons. The molecule has 3 amide bonds. The number of nitrogens with one attached hydrogen (secondary N) is 3. The van der Waals surface area contributed by atoms with Gasteiger partial charge in [-0.3, -0.25) is 20.0 Å². The van der Waals surface area contributed by atoms with E-state index in [0.717, 1.165) is 27.8 Å². The summed E-state index contributed by atoms with van der Waals surface area (Å²) in [5, 5.41) is 30.7. The fourth-order valence-electron chi connectivity index (χ4n) is 6.49. The standard InChI is InChI=1S/C40H47N5O6/c1-26(28-12-7-6-8-13-28)40(50,37(48)42-34-32-16-10-9-14-30(32)22-33(34)46)25-45(44-36(47)35(39(2,3)4)43-38(49)51-5)24-27-17-19-29(20-18-27)31-15-11-21-41-23-31/h6-21,23,26,33-35,46,50H,22,24-25H2,1-5H3,(H,42,48)(H,43,49)(H,44,47)/t26-,33-,34+,35-,40-/m1/s1. The van der Waals surface area contributed by atoms with Gasteiger partial charge < -0.3 is 25.6 Å². The molecule has 51 heavy (non-hydrogen) atoms. The van der Waals surface area contributed by atoms with Crippen LogP contribution < -0.4 is 16.1 Å². The van der Waals surface area contributed by atoms with Crippen LogP contribution in [0, 0.1) is 5.41 Å². The van der Waals surface area contributed by atoms with Crippen LogP contribution in [0.4, 0.5) is 4.79 Å². The SMILES string of the molecule is COC(=O)N[C@H](C(=O)NN(Cc1ccc(-c2cccnc2)cc1)C[C@](O)(C(=O)N[C@H]1c2ccccc2C[C@H]1O)[C@H](C)c1ccccc1)C(C)(C)C. The van der Waals surface area contributed by atoms with E-state index in [4.69, 9.17) is 4.74 Å². The number of hydrogen-bond donors (Lipinski definition) is 5. The Morgan fingerprint density at radius 2 is 1.63 bits per heavy atom. The molecule has 0 bridgehead atoms. The number of carbonyl (C=O) groups excluding carboxylic acids is 3. The van der Waals surface area contributed by atoms with Crippen LogP contribution in [0.25, 0.3) is 11.1 Å². The first-order valence-electron chi connectivity index (χ1n) is 17.0. The molecule has 11 nitrogen and oxygen atoms in total. The highest BCUT2D eigenvalue weighted by molar-refractivity contribution is 5.88. The number of nitrogens with zero attached hydrogens (tertiary/aromatic N) is 2. The Balaban J connectivity index is 1.51. The molecular formula is C40H47N5O6. The molecule has 5 atom stereocenters. The summed E-state index contributed by atoms with van der Waals surface area (Å²) in [4.78, 5) is 44.9. The number of ether oxygens (including phenoxy) is 1. The lowest BCUT2D eigenvalue weighted by Gasteiger charge is -2.39. The summed E-state index contributed by atoms with van der Waals surface area (Å²) >= 11 is 0. The highest BCUT2D eigenvalue weighted by Crippen LogP contribution is 2.35. The van der Waals surface area contributed by atoms with Gasteiger partial charge in [0.1, 0.15) is 6.04 Å². The monoisotopic (exact) mass is 693 g/mol. The molecule has 0 saturated heterocycles. The second-order valence-electron chi connectivity index (χ2n) is 14.2. The number of methoxy groups -OCH3 is 1. The van der Waals surface area contributed by atoms with Gasteiger partial charge >= 0.3 is 6.09 Å². The number of carbonyl (C=O) groups is 3. The van der Waals surface area contributed by atoms with Gasteiger partial charge in [0.25, 0.3) is 11.8 Å². The van der Waals surface area contributed by atoms with Crippen molar-refractivity contribution in [1.29, 1.82) is 0 Å². The first-order valence-corrected chi connectivity index (χ1v) is 17.0. The van der Waals surface area contributed by atoms with Crippen LogP contribution in [-0.4, -0.2) is 69.5 Å². The van der Waals surface area contributed by atoms with Crippen LogP contribution in [0.5, 0.6) is 0 Å². The minimum atomic E-state index is -2.12. The molecule has 0 fully saturated rings. The van der Waals surface area contributed by atoms with Gasteiger partial charge in [0.05, 0.1) is 25.8 Å². The summed E-state index contributed by atoms with van der Waals surface area (Å²) < 4.78 is 4.80. The average molecular weight is 694 g/mol. The maximum absolute atomic E-state index is 14.5. The number of amides is 3. The van der Waals surface area contributed by atoms with E-state index in [1.165, 1.54) is 12.1 Å². The summed E-state index contributed by atoms with van der Waals surface area (Å²) in [6.07, 6.45) is 2.19. The van der Waals surface area contributed by atoms with Gasteiger partial charge in [-0.15, -0.1) is 0 Å². The number of fused-ring (bicyclic) bond motifs is 1. The van der Waals surface area contributed by atoms with Crippen molar-refractivity contribution in [2.75, 3.05) is 13.7 Å². The predicted octanol–water partition coefficient (Wildman–Crippen LogP) is 4.66. The maximum atomic E-state index is 14.5. The number of pyridine rings is 1. The molecular weight excluding hydrogens is 646 g/mol. The topological polar surface area (TPSA) is 153 Å². The van der Waals surface area contributed by atoms with Crippen molar-refractivity contribution in [1.82, 2.24) is 26.1 Å². The Bertz CT molecular complexity index is 1800. The molecule has 0 spiro atoms. The number of alkyl carbamates (subject to hydrolysis) is 1. The van der Waals surface area contributed by atoms with E-state index < -0.39 is 53.0 Å². The fourth-order valence-corrected chi connectivity index (χ4v) is 6.49. The molecule has 11 heteroatoms. The summed E-state index contributed by atoms with van der Waals surface area (Å²) in [6.45, 7) is 6.93. The third kappa shape index (κ3) is 8.80. The van der Waals surface area contributed by atoms with Crippen LogP contribution in [-0.2, 0) is 27.3 Å². The van der Waals surface area contributed by atoms with Crippen LogP contribution in [0.15, 0.2) is 103 Å². The molecule has 3 aromatic carbocycles. The van der Waals surface area contributed by atoms with Crippen LogP contribution in [0.3, 0.4) is 0 Å². The summed E-state index contributed by atoms with van der Waals surface area (Å²) in [6, 6.07) is 26.4. The van der Waals surface area contributed by atoms with Gasteiger partial charge in [-0.2, -0.15) is 0 Å². The second kappa shape index (κ2) is 15.8. The lowest BCUT2D eigenvalue weighted by molar-refractivity contribution is -0.150. The minimum Gasteiger partial charge on any atom is -0.453 e. The van der Waals surface area contributed by atoms with Gasteiger partial charge in [0, 0.05) is 31.3 Å². The quantitative estimate of drug-likeness (QED) is 0.134. The fraction of sp³-hybridized carbons (Fsp3) is 0.350. The maximum Gasteiger partial charge on any atom is 0.407 e. The highest BCUT2D eigenvalue weighted by Gasteiger charge is 2.47. The first kappa shape index (κ1) is 37.2. The number of hydrogen-bond acceptors (Lipinski definition) is 8. The molecule has 0 saturated carbocycles. The van der Waals surface area contributed by atoms with E-state index in [9.17, 15) is 24.6 Å². The Morgan fingerprint density at radius 1 is 0.941 bits per heavy atom. The number of rotatable bonds is 12. The minimum absolute atomic E-state index is 0.0974. The average Bonchev–Trinajstić information content (AvgIpc) is 3.44. The zero-order chi connectivity index (χ0) is 36.8. The highest BCUT2D eigenvalue weighted by atomic mass is 16.5. The largest absolute Gasteiger partial charge is 0.453 e. The number of aromatic nitrogens is 1. The first-order chi connectivity index (χ1) is 24.3. The van der Waals surface area contributed by atoms with Gasteiger partial charge in [-0.25, -0.2) is 9.80 Å². The van der Waals surface area contributed by atoms with Gasteiger partial charge in [-0.05, 0) is 44.9 Å². The second-order valence-corrected chi connectivity index (χ2v) is 14.2. The van der Waals surface area contributed by atoms with Gasteiger partial charge in [0.15, 0.2) is 5.60 Å². The lowest BCUT2D eigenvalue weighted by Crippen LogP contribution is -2.63. The van der Waals surface area contributed by atoms with Crippen molar-refractivity contribution in [3.05, 3.63) is 126 Å². The summed E-state index contributed by atoms with van der Waals surface area (Å²) in [5.74, 6) is -2.02. The zero-order valence-electron chi connectivity index (χ0n) is 29.7. The molecule has 1 heterocycles. The third-order valence-corrected chi connectivity index (χ3v) is 9.50. The molecule has 0 unspecified atom stereocenters. The van der Waals surface area contributed by atoms with E-state index >= 15 is 0 Å². The van der Waals surface area contributed by atoms with E-state index in [0.29, 0.717) is 12.0 Å². The van der Waals surface area contributed by atoms with Crippen LogP contribution in [0.1, 0.15) is 61.9 Å². The van der Waals surface area contributed by atoms with Crippen molar-refractivity contribution in [2.24, 2.45) is 5.41 Å². The Hall–Kier alpha value is -5.10. The van der Waals surface area contributed by atoms with E-state index in [2.05, 4.69) is 21.0 Å². The molecule has 5 rings (SSSR count). The van der Waals surface area contributed by atoms with Gasteiger partial charge in [-0.1, -0.05) is 113 Å². The molecule has 268 valence electrons. The van der Waals surface area contributed by atoms with Crippen molar-refractivity contribution < 1.29 is 29.3 Å². The number of aliphatic hydroxyl groups excluding tert-OH is 1. The molecule has 0 aliphatic heterocycles. The van der Waals surface area contributed by atoms with E-state index in [-0.39, 0.29) is 13.1 Å². The Labute approximate surface area is 299 Å². The van der Waals surface area contributed by atoms with Crippen LogP contribution >= 0.6 is 0 Å². The van der Waals surface area contributed by atoms with Gasteiger partial charge in [0.2, 0.25) is 0 Å². The van der Waals surface area contributed by atoms with E-state index in [1.54, 1.807) is 40.1 Å². The molecule has 5 N–H and O–H groups in total. The molecule has 1 aliphatic rings. The van der Waals surface area contributed by atoms with E-state index in [1.807, 2.05) is 91.0 Å². The van der Waals surface area contributed by atoms with Crippen molar-refractivity contribution in [3.63, 3.8) is 0 Å². The number of aliphatic hydroxyl groups is 2.